The lowest BCUT2D eigenvalue weighted by Gasteiger charge is -2.12. The van der Waals surface area contributed by atoms with E-state index in [-0.39, 0.29) is 11.5 Å². The van der Waals surface area contributed by atoms with Crippen LogP contribution in [0.15, 0.2) is 66.4 Å². The molecule has 0 fully saturated rings. The molecule has 3 aromatic rings. The van der Waals surface area contributed by atoms with E-state index >= 15 is 0 Å². The van der Waals surface area contributed by atoms with Crippen LogP contribution in [0.25, 0.3) is 6.08 Å². The molecule has 152 valence electrons. The monoisotopic (exact) mass is 402 g/mol. The van der Waals surface area contributed by atoms with Crippen molar-refractivity contribution in [2.24, 2.45) is 0 Å². The van der Waals surface area contributed by atoms with Crippen LogP contribution in [-0.2, 0) is 6.61 Å². The lowest BCUT2D eigenvalue weighted by Crippen LogP contribution is -1.99. The van der Waals surface area contributed by atoms with Gasteiger partial charge in [0.15, 0.2) is 5.76 Å². The number of carbonyl (C=O) groups excluding carboxylic acids is 1. The summed E-state index contributed by atoms with van der Waals surface area (Å²) >= 11 is 0. The Morgan fingerprint density at radius 1 is 0.933 bits per heavy atom. The highest BCUT2D eigenvalue weighted by Crippen LogP contribution is 2.39. The number of allylic oxidation sites excluding steroid dienone is 1. The molecular formula is C25H22O5. The SMILES string of the molecule is COc1cccc(/C=C2\Oc3c(ccc(OCc4cccc(OC)c4)c3C)C2=O)c1. The summed E-state index contributed by atoms with van der Waals surface area (Å²) in [5.74, 6) is 2.85. The number of hydrogen-bond donors (Lipinski definition) is 0. The number of ketones is 1. The molecule has 3 aromatic carbocycles. The summed E-state index contributed by atoms with van der Waals surface area (Å²) in [6, 6.07) is 18.7. The molecule has 5 heteroatoms. The molecule has 0 aromatic heterocycles. The molecule has 0 radical (unpaired) electrons. The van der Waals surface area contributed by atoms with Gasteiger partial charge in [-0.2, -0.15) is 0 Å². The van der Waals surface area contributed by atoms with Crippen LogP contribution < -0.4 is 18.9 Å². The number of hydrogen-bond acceptors (Lipinski definition) is 5. The Morgan fingerprint density at radius 2 is 1.67 bits per heavy atom. The summed E-state index contributed by atoms with van der Waals surface area (Å²) in [4.78, 5) is 12.8. The first-order valence-corrected chi connectivity index (χ1v) is 9.56. The van der Waals surface area contributed by atoms with Crippen molar-refractivity contribution >= 4 is 11.9 Å². The molecule has 1 aliphatic rings. The van der Waals surface area contributed by atoms with Crippen LogP contribution in [0.5, 0.6) is 23.0 Å². The number of carbonyl (C=O) groups is 1. The largest absolute Gasteiger partial charge is 0.497 e. The van der Waals surface area contributed by atoms with Gasteiger partial charge in [0.25, 0.3) is 0 Å². The number of Topliss-reactive ketones (excluding diaryl/α,β-unsaturated/α-hetero) is 1. The van der Waals surface area contributed by atoms with Crippen LogP contribution >= 0.6 is 0 Å². The van der Waals surface area contributed by atoms with Crippen LogP contribution in [0, 0.1) is 6.92 Å². The minimum Gasteiger partial charge on any atom is -0.497 e. The Kier molecular flexibility index (Phi) is 5.44. The number of benzene rings is 3. The summed E-state index contributed by atoms with van der Waals surface area (Å²) in [5, 5.41) is 0. The smallest absolute Gasteiger partial charge is 0.231 e. The molecule has 1 aliphatic heterocycles. The summed E-state index contributed by atoms with van der Waals surface area (Å²) in [5.41, 5.74) is 3.15. The van der Waals surface area contributed by atoms with Gasteiger partial charge < -0.3 is 18.9 Å². The van der Waals surface area contributed by atoms with Gasteiger partial charge in [0.2, 0.25) is 5.78 Å². The normalized spacial score (nSPS) is 13.7. The number of fused-ring (bicyclic) bond motifs is 1. The van der Waals surface area contributed by atoms with Gasteiger partial charge in [-0.1, -0.05) is 24.3 Å². The molecule has 0 N–H and O–H groups in total. The minimum absolute atomic E-state index is 0.143. The molecule has 0 aliphatic carbocycles. The van der Waals surface area contributed by atoms with E-state index in [2.05, 4.69) is 0 Å². The first kappa shape index (κ1) is 19.6. The maximum atomic E-state index is 12.8. The van der Waals surface area contributed by atoms with Gasteiger partial charge in [-0.25, -0.2) is 0 Å². The Hall–Kier alpha value is -3.73. The third-order valence-corrected chi connectivity index (χ3v) is 4.96. The lowest BCUT2D eigenvalue weighted by molar-refractivity contribution is 0.101. The fourth-order valence-electron chi connectivity index (χ4n) is 3.33. The van der Waals surface area contributed by atoms with E-state index in [1.165, 1.54) is 0 Å². The van der Waals surface area contributed by atoms with E-state index < -0.39 is 0 Å². The Morgan fingerprint density at radius 3 is 2.43 bits per heavy atom. The first-order valence-electron chi connectivity index (χ1n) is 9.56. The molecule has 0 saturated heterocycles. The van der Waals surface area contributed by atoms with Crippen molar-refractivity contribution in [3.05, 3.63) is 88.7 Å². The van der Waals surface area contributed by atoms with E-state index in [1.807, 2.05) is 61.5 Å². The van der Waals surface area contributed by atoms with Gasteiger partial charge in [0, 0.05) is 5.56 Å². The van der Waals surface area contributed by atoms with E-state index in [4.69, 9.17) is 18.9 Å². The highest BCUT2D eigenvalue weighted by Gasteiger charge is 2.30. The van der Waals surface area contributed by atoms with E-state index in [0.717, 1.165) is 28.2 Å². The molecule has 0 saturated carbocycles. The third-order valence-electron chi connectivity index (χ3n) is 4.96. The number of rotatable bonds is 6. The van der Waals surface area contributed by atoms with Crippen molar-refractivity contribution in [3.8, 4) is 23.0 Å². The quantitative estimate of drug-likeness (QED) is 0.530. The van der Waals surface area contributed by atoms with Crippen LogP contribution in [0.1, 0.15) is 27.0 Å². The van der Waals surface area contributed by atoms with Gasteiger partial charge in [0.05, 0.1) is 19.8 Å². The molecule has 5 nitrogen and oxygen atoms in total. The lowest BCUT2D eigenvalue weighted by atomic mass is 10.1. The molecule has 0 atom stereocenters. The highest BCUT2D eigenvalue weighted by atomic mass is 16.5. The summed E-state index contributed by atoms with van der Waals surface area (Å²) in [6.07, 6.45) is 1.72. The predicted octanol–water partition coefficient (Wildman–Crippen LogP) is 5.21. The standard InChI is InChI=1S/C25H22O5/c1-16-22(29-15-18-7-5-9-20(13-18)28-3)11-10-21-24(26)23(30-25(16)21)14-17-6-4-8-19(12-17)27-2/h4-14H,15H2,1-3H3/b23-14-. The third kappa shape index (κ3) is 3.87. The summed E-state index contributed by atoms with van der Waals surface area (Å²) in [7, 11) is 3.24. The van der Waals surface area contributed by atoms with Gasteiger partial charge in [0.1, 0.15) is 29.6 Å². The maximum absolute atomic E-state index is 12.8. The zero-order valence-corrected chi connectivity index (χ0v) is 17.1. The second-order valence-corrected chi connectivity index (χ2v) is 6.92. The summed E-state index contributed by atoms with van der Waals surface area (Å²) in [6.45, 7) is 2.28. The molecule has 0 amide bonds. The zero-order chi connectivity index (χ0) is 21.1. The van der Waals surface area contributed by atoms with Crippen LogP contribution in [0.4, 0.5) is 0 Å². The van der Waals surface area contributed by atoms with Gasteiger partial charge in [-0.15, -0.1) is 0 Å². The maximum Gasteiger partial charge on any atom is 0.231 e. The molecular weight excluding hydrogens is 380 g/mol. The van der Waals surface area contributed by atoms with E-state index in [9.17, 15) is 4.79 Å². The minimum atomic E-state index is -0.143. The van der Waals surface area contributed by atoms with Crippen molar-refractivity contribution in [1.82, 2.24) is 0 Å². The molecule has 0 spiro atoms. The van der Waals surface area contributed by atoms with Gasteiger partial charge in [-0.3, -0.25) is 4.79 Å². The topological polar surface area (TPSA) is 54.0 Å². The van der Waals surface area contributed by atoms with Crippen molar-refractivity contribution in [2.75, 3.05) is 14.2 Å². The van der Waals surface area contributed by atoms with Crippen molar-refractivity contribution < 1.29 is 23.7 Å². The molecule has 30 heavy (non-hydrogen) atoms. The fraction of sp³-hybridized carbons (Fsp3) is 0.160. The van der Waals surface area contributed by atoms with Crippen molar-refractivity contribution in [1.29, 1.82) is 0 Å². The van der Waals surface area contributed by atoms with Gasteiger partial charge >= 0.3 is 0 Å². The van der Waals surface area contributed by atoms with Crippen LogP contribution in [0.2, 0.25) is 0 Å². The van der Waals surface area contributed by atoms with Crippen LogP contribution in [0.3, 0.4) is 0 Å². The second-order valence-electron chi connectivity index (χ2n) is 6.92. The van der Waals surface area contributed by atoms with Crippen LogP contribution in [-0.4, -0.2) is 20.0 Å². The molecule has 0 unspecified atom stereocenters. The fourth-order valence-corrected chi connectivity index (χ4v) is 3.33. The first-order chi connectivity index (χ1) is 14.6. The average Bonchev–Trinajstić information content (AvgIpc) is 3.09. The Balaban J connectivity index is 1.55. The van der Waals surface area contributed by atoms with Gasteiger partial charge in [-0.05, 0) is 60.5 Å². The van der Waals surface area contributed by atoms with Crippen molar-refractivity contribution in [2.45, 2.75) is 13.5 Å². The highest BCUT2D eigenvalue weighted by molar-refractivity contribution is 6.15. The Labute approximate surface area is 175 Å². The van der Waals surface area contributed by atoms with Crippen molar-refractivity contribution in [3.63, 3.8) is 0 Å². The molecule has 4 rings (SSSR count). The number of methoxy groups -OCH3 is 2. The molecule has 0 bridgehead atoms. The summed E-state index contributed by atoms with van der Waals surface area (Å²) < 4.78 is 22.4. The molecule has 1 heterocycles. The van der Waals surface area contributed by atoms with E-state index in [1.54, 1.807) is 26.4 Å². The Bertz CT molecular complexity index is 1130. The average molecular weight is 402 g/mol. The second kappa shape index (κ2) is 8.33. The van der Waals surface area contributed by atoms with E-state index in [0.29, 0.717) is 23.7 Å². The zero-order valence-electron chi connectivity index (χ0n) is 17.1. The number of ether oxygens (including phenoxy) is 4. The predicted molar refractivity (Wildman–Crippen MR) is 114 cm³/mol.